The molecule has 1 fully saturated rings. The van der Waals surface area contributed by atoms with Crippen LogP contribution >= 0.6 is 0 Å². The van der Waals surface area contributed by atoms with E-state index < -0.39 is 5.92 Å². The highest BCUT2D eigenvalue weighted by molar-refractivity contribution is 6.03. The molecule has 0 radical (unpaired) electrons. The second-order valence-corrected chi connectivity index (χ2v) is 7.67. The van der Waals surface area contributed by atoms with Gasteiger partial charge in [-0.1, -0.05) is 43.7 Å². The summed E-state index contributed by atoms with van der Waals surface area (Å²) in [7, 11) is 1.58. The maximum Gasteiger partial charge on any atom is 0.229 e. The molecule has 0 spiro atoms. The zero-order chi connectivity index (χ0) is 21.5. The standard InChI is InChI=1S/C24H29N3O3/c1-3-4-7-17-10-12-20(13-11-17)27-16-19(15-23(27)29)24(30)26-21-9-6-5-8-18(21)14-22(28)25-2/h5-6,8-13,19H,3-4,7,14-16H2,1-2H3,(H,25,28)(H,26,30). The van der Waals surface area contributed by atoms with E-state index >= 15 is 0 Å². The molecule has 6 nitrogen and oxygen atoms in total. The van der Waals surface area contributed by atoms with Gasteiger partial charge in [0.2, 0.25) is 17.7 Å². The lowest BCUT2D eigenvalue weighted by molar-refractivity contribution is -0.122. The van der Waals surface area contributed by atoms with Crippen molar-refractivity contribution in [2.24, 2.45) is 5.92 Å². The zero-order valence-corrected chi connectivity index (χ0v) is 17.6. The molecule has 1 heterocycles. The number of hydrogen-bond donors (Lipinski definition) is 2. The van der Waals surface area contributed by atoms with Crippen molar-refractivity contribution in [1.82, 2.24) is 5.32 Å². The van der Waals surface area contributed by atoms with Crippen LogP contribution in [0.25, 0.3) is 0 Å². The van der Waals surface area contributed by atoms with Gasteiger partial charge in [0.25, 0.3) is 0 Å². The molecule has 0 saturated carbocycles. The van der Waals surface area contributed by atoms with Gasteiger partial charge in [-0.05, 0) is 42.2 Å². The number of nitrogens with zero attached hydrogens (tertiary/aromatic N) is 1. The summed E-state index contributed by atoms with van der Waals surface area (Å²) in [6.45, 7) is 2.52. The van der Waals surface area contributed by atoms with Gasteiger partial charge in [0, 0.05) is 31.4 Å². The molecule has 1 unspecified atom stereocenters. The molecular weight excluding hydrogens is 378 g/mol. The van der Waals surface area contributed by atoms with Crippen molar-refractivity contribution in [2.75, 3.05) is 23.8 Å². The summed E-state index contributed by atoms with van der Waals surface area (Å²) in [5, 5.41) is 5.50. The van der Waals surface area contributed by atoms with Crippen LogP contribution in [0.1, 0.15) is 37.3 Å². The summed E-state index contributed by atoms with van der Waals surface area (Å²) in [5.41, 5.74) is 3.44. The SMILES string of the molecule is CCCCc1ccc(N2CC(C(=O)Nc3ccccc3CC(=O)NC)CC2=O)cc1. The van der Waals surface area contributed by atoms with Gasteiger partial charge in [-0.15, -0.1) is 0 Å². The Labute approximate surface area is 177 Å². The first-order chi connectivity index (χ1) is 14.5. The number of nitrogens with one attached hydrogen (secondary N) is 2. The molecule has 158 valence electrons. The van der Waals surface area contributed by atoms with Gasteiger partial charge in [0.15, 0.2) is 0 Å². The molecule has 0 aromatic heterocycles. The molecule has 2 aromatic rings. The summed E-state index contributed by atoms with van der Waals surface area (Å²) in [4.78, 5) is 38.8. The Morgan fingerprint density at radius 1 is 1.10 bits per heavy atom. The fourth-order valence-corrected chi connectivity index (χ4v) is 3.65. The second-order valence-electron chi connectivity index (χ2n) is 7.67. The lowest BCUT2D eigenvalue weighted by atomic mass is 10.1. The quantitative estimate of drug-likeness (QED) is 0.705. The van der Waals surface area contributed by atoms with E-state index in [0.717, 1.165) is 30.5 Å². The van der Waals surface area contributed by atoms with E-state index in [4.69, 9.17) is 0 Å². The lowest BCUT2D eigenvalue weighted by Crippen LogP contribution is -2.28. The Hall–Kier alpha value is -3.15. The third-order valence-corrected chi connectivity index (χ3v) is 5.47. The van der Waals surface area contributed by atoms with Gasteiger partial charge in [-0.2, -0.15) is 0 Å². The van der Waals surface area contributed by atoms with Crippen LogP contribution in [-0.2, 0) is 27.2 Å². The molecule has 0 aliphatic carbocycles. The number of unbranched alkanes of at least 4 members (excludes halogenated alkanes) is 1. The van der Waals surface area contributed by atoms with Gasteiger partial charge < -0.3 is 15.5 Å². The van der Waals surface area contributed by atoms with Crippen molar-refractivity contribution < 1.29 is 14.4 Å². The number of carbonyl (C=O) groups excluding carboxylic acids is 3. The molecule has 1 saturated heterocycles. The van der Waals surface area contributed by atoms with E-state index in [1.807, 2.05) is 30.3 Å². The first-order valence-corrected chi connectivity index (χ1v) is 10.5. The highest BCUT2D eigenvalue weighted by Crippen LogP contribution is 2.27. The highest BCUT2D eigenvalue weighted by Gasteiger charge is 2.35. The molecule has 2 aromatic carbocycles. The summed E-state index contributed by atoms with van der Waals surface area (Å²) < 4.78 is 0. The van der Waals surface area contributed by atoms with Gasteiger partial charge in [-0.25, -0.2) is 0 Å². The Morgan fingerprint density at radius 3 is 2.53 bits per heavy atom. The van der Waals surface area contributed by atoms with Crippen molar-refractivity contribution in [1.29, 1.82) is 0 Å². The number of hydrogen-bond acceptors (Lipinski definition) is 3. The van der Waals surface area contributed by atoms with E-state index in [0.29, 0.717) is 12.2 Å². The molecule has 3 rings (SSSR count). The van der Waals surface area contributed by atoms with Gasteiger partial charge >= 0.3 is 0 Å². The number of carbonyl (C=O) groups is 3. The van der Waals surface area contributed by atoms with Crippen LogP contribution in [0, 0.1) is 5.92 Å². The summed E-state index contributed by atoms with van der Waals surface area (Å²) in [6, 6.07) is 15.3. The van der Waals surface area contributed by atoms with Gasteiger partial charge in [-0.3, -0.25) is 14.4 Å². The maximum atomic E-state index is 12.8. The van der Waals surface area contributed by atoms with Gasteiger partial charge in [0.05, 0.1) is 12.3 Å². The topological polar surface area (TPSA) is 78.5 Å². The number of rotatable bonds is 8. The summed E-state index contributed by atoms with van der Waals surface area (Å²) in [6.07, 6.45) is 3.69. The number of anilines is 2. The molecule has 6 heteroatoms. The average Bonchev–Trinajstić information content (AvgIpc) is 3.15. The van der Waals surface area contributed by atoms with Crippen LogP contribution in [0.4, 0.5) is 11.4 Å². The van der Waals surface area contributed by atoms with Crippen molar-refractivity contribution >= 4 is 29.1 Å². The van der Waals surface area contributed by atoms with E-state index in [9.17, 15) is 14.4 Å². The number of para-hydroxylation sites is 1. The normalized spacial score (nSPS) is 15.9. The minimum Gasteiger partial charge on any atom is -0.359 e. The lowest BCUT2D eigenvalue weighted by Gasteiger charge is -2.18. The van der Waals surface area contributed by atoms with Crippen LogP contribution in [0.3, 0.4) is 0 Å². The van der Waals surface area contributed by atoms with Crippen LogP contribution < -0.4 is 15.5 Å². The Morgan fingerprint density at radius 2 is 1.83 bits per heavy atom. The molecule has 1 aliphatic rings. The fraction of sp³-hybridized carbons (Fsp3) is 0.375. The van der Waals surface area contributed by atoms with E-state index in [1.54, 1.807) is 18.0 Å². The smallest absolute Gasteiger partial charge is 0.229 e. The van der Waals surface area contributed by atoms with Crippen LogP contribution in [-0.4, -0.2) is 31.3 Å². The first kappa shape index (κ1) is 21.6. The Bertz CT molecular complexity index is 908. The predicted octanol–water partition coefficient (Wildman–Crippen LogP) is 3.31. The largest absolute Gasteiger partial charge is 0.359 e. The monoisotopic (exact) mass is 407 g/mol. The number of benzene rings is 2. The van der Waals surface area contributed by atoms with Crippen molar-refractivity contribution in [2.45, 2.75) is 39.0 Å². The van der Waals surface area contributed by atoms with E-state index in [-0.39, 0.29) is 30.6 Å². The molecular formula is C24H29N3O3. The summed E-state index contributed by atoms with van der Waals surface area (Å²) in [5.74, 6) is -0.795. The number of amides is 3. The molecule has 2 N–H and O–H groups in total. The highest BCUT2D eigenvalue weighted by atomic mass is 16.2. The first-order valence-electron chi connectivity index (χ1n) is 10.5. The second kappa shape index (κ2) is 10.1. The van der Waals surface area contributed by atoms with Crippen molar-refractivity contribution in [3.8, 4) is 0 Å². The zero-order valence-electron chi connectivity index (χ0n) is 17.6. The molecule has 0 bridgehead atoms. The van der Waals surface area contributed by atoms with Crippen LogP contribution in [0.2, 0.25) is 0 Å². The van der Waals surface area contributed by atoms with Gasteiger partial charge in [0.1, 0.15) is 0 Å². The molecule has 3 amide bonds. The minimum atomic E-state index is -0.426. The number of aryl methyl sites for hydroxylation is 1. The van der Waals surface area contributed by atoms with Crippen LogP contribution in [0.15, 0.2) is 48.5 Å². The minimum absolute atomic E-state index is 0.0462. The number of likely N-dealkylation sites (N-methyl/N-ethyl adjacent to an activating group) is 1. The Kier molecular flexibility index (Phi) is 7.22. The third kappa shape index (κ3) is 5.26. The predicted molar refractivity (Wildman–Crippen MR) is 118 cm³/mol. The van der Waals surface area contributed by atoms with Crippen molar-refractivity contribution in [3.05, 3.63) is 59.7 Å². The average molecular weight is 408 g/mol. The van der Waals surface area contributed by atoms with E-state index in [1.165, 1.54) is 5.56 Å². The summed E-state index contributed by atoms with van der Waals surface area (Å²) >= 11 is 0. The van der Waals surface area contributed by atoms with Crippen LogP contribution in [0.5, 0.6) is 0 Å². The molecule has 1 atom stereocenters. The Balaban J connectivity index is 1.65. The fourth-order valence-electron chi connectivity index (χ4n) is 3.65. The van der Waals surface area contributed by atoms with Crippen molar-refractivity contribution in [3.63, 3.8) is 0 Å². The third-order valence-electron chi connectivity index (χ3n) is 5.47. The maximum absolute atomic E-state index is 12.8. The molecule has 30 heavy (non-hydrogen) atoms. The molecule has 1 aliphatic heterocycles. The van der Waals surface area contributed by atoms with E-state index in [2.05, 4.69) is 29.7 Å².